The van der Waals surface area contributed by atoms with Gasteiger partial charge in [-0.3, -0.25) is 0 Å². The standard InChI is InChI=1S/C15H29NO/c1-12-6-5-7-13(11-10-12)16-14-8-3-4-9-15(14)17-2/h12-16H,3-11H2,1-2H3. The number of rotatable bonds is 3. The highest BCUT2D eigenvalue weighted by Crippen LogP contribution is 2.26. The van der Waals surface area contributed by atoms with E-state index in [2.05, 4.69) is 12.2 Å². The van der Waals surface area contributed by atoms with Gasteiger partial charge >= 0.3 is 0 Å². The molecular formula is C15H29NO. The van der Waals surface area contributed by atoms with Crippen molar-refractivity contribution in [3.05, 3.63) is 0 Å². The van der Waals surface area contributed by atoms with Gasteiger partial charge in [0.05, 0.1) is 6.10 Å². The van der Waals surface area contributed by atoms with Crippen molar-refractivity contribution in [2.24, 2.45) is 5.92 Å². The van der Waals surface area contributed by atoms with Gasteiger partial charge in [-0.1, -0.05) is 32.6 Å². The molecule has 0 aromatic rings. The molecule has 0 aromatic heterocycles. The van der Waals surface area contributed by atoms with Gasteiger partial charge < -0.3 is 10.1 Å². The summed E-state index contributed by atoms with van der Waals surface area (Å²) in [4.78, 5) is 0. The smallest absolute Gasteiger partial charge is 0.0724 e. The average Bonchev–Trinajstić information content (AvgIpc) is 2.55. The molecule has 0 radical (unpaired) electrons. The van der Waals surface area contributed by atoms with E-state index in [1.54, 1.807) is 0 Å². The van der Waals surface area contributed by atoms with Crippen LogP contribution in [0.15, 0.2) is 0 Å². The Morgan fingerprint density at radius 3 is 2.53 bits per heavy atom. The minimum Gasteiger partial charge on any atom is -0.380 e. The van der Waals surface area contributed by atoms with E-state index in [4.69, 9.17) is 4.74 Å². The molecule has 4 unspecified atom stereocenters. The van der Waals surface area contributed by atoms with Gasteiger partial charge in [-0.25, -0.2) is 0 Å². The third-order valence-corrected chi connectivity index (χ3v) is 4.71. The van der Waals surface area contributed by atoms with Crippen molar-refractivity contribution in [1.29, 1.82) is 0 Å². The minimum atomic E-state index is 0.462. The Balaban J connectivity index is 1.81. The molecule has 2 nitrogen and oxygen atoms in total. The van der Waals surface area contributed by atoms with Crippen molar-refractivity contribution in [2.75, 3.05) is 7.11 Å². The molecule has 0 amide bonds. The first-order chi connectivity index (χ1) is 8.29. The molecule has 2 aliphatic carbocycles. The second-order valence-electron chi connectivity index (χ2n) is 6.14. The molecule has 2 fully saturated rings. The van der Waals surface area contributed by atoms with Gasteiger partial charge in [0, 0.05) is 19.2 Å². The molecule has 2 saturated carbocycles. The predicted octanol–water partition coefficient (Wildman–Crippen LogP) is 3.50. The average molecular weight is 239 g/mol. The van der Waals surface area contributed by atoms with Gasteiger partial charge in [0.25, 0.3) is 0 Å². The van der Waals surface area contributed by atoms with E-state index in [9.17, 15) is 0 Å². The summed E-state index contributed by atoms with van der Waals surface area (Å²) in [7, 11) is 1.87. The van der Waals surface area contributed by atoms with Crippen LogP contribution in [0.3, 0.4) is 0 Å². The monoisotopic (exact) mass is 239 g/mol. The molecular weight excluding hydrogens is 210 g/mol. The lowest BCUT2D eigenvalue weighted by Crippen LogP contribution is -2.47. The molecule has 0 bridgehead atoms. The summed E-state index contributed by atoms with van der Waals surface area (Å²) in [5.74, 6) is 0.936. The molecule has 0 aliphatic heterocycles. The minimum absolute atomic E-state index is 0.462. The Labute approximate surface area is 107 Å². The summed E-state index contributed by atoms with van der Waals surface area (Å²) in [6.07, 6.45) is 12.7. The second kappa shape index (κ2) is 6.75. The van der Waals surface area contributed by atoms with Gasteiger partial charge in [-0.2, -0.15) is 0 Å². The van der Waals surface area contributed by atoms with Crippen LogP contribution in [0.1, 0.15) is 64.7 Å². The van der Waals surface area contributed by atoms with Crippen LogP contribution in [0.4, 0.5) is 0 Å². The van der Waals surface area contributed by atoms with Crippen molar-refractivity contribution >= 4 is 0 Å². The summed E-state index contributed by atoms with van der Waals surface area (Å²) in [6, 6.07) is 1.37. The van der Waals surface area contributed by atoms with Crippen molar-refractivity contribution in [1.82, 2.24) is 5.32 Å². The van der Waals surface area contributed by atoms with Crippen molar-refractivity contribution in [3.63, 3.8) is 0 Å². The lowest BCUT2D eigenvalue weighted by Gasteiger charge is -2.34. The first-order valence-corrected chi connectivity index (χ1v) is 7.58. The van der Waals surface area contributed by atoms with Crippen LogP contribution in [0, 0.1) is 5.92 Å². The Kier molecular flexibility index (Phi) is 5.30. The van der Waals surface area contributed by atoms with E-state index in [-0.39, 0.29) is 0 Å². The number of methoxy groups -OCH3 is 1. The van der Waals surface area contributed by atoms with Crippen LogP contribution < -0.4 is 5.32 Å². The van der Waals surface area contributed by atoms with E-state index >= 15 is 0 Å². The van der Waals surface area contributed by atoms with E-state index in [1.807, 2.05) is 7.11 Å². The Morgan fingerprint density at radius 1 is 0.882 bits per heavy atom. The molecule has 2 aliphatic rings. The van der Waals surface area contributed by atoms with Crippen molar-refractivity contribution in [3.8, 4) is 0 Å². The first-order valence-electron chi connectivity index (χ1n) is 7.58. The fourth-order valence-corrected chi connectivity index (χ4v) is 3.53. The SMILES string of the molecule is COC1CCCCC1NC1CCCC(C)CC1. The summed E-state index contributed by atoms with van der Waals surface area (Å²) < 4.78 is 5.64. The lowest BCUT2D eigenvalue weighted by atomic mass is 9.91. The van der Waals surface area contributed by atoms with Crippen LogP contribution in [0.25, 0.3) is 0 Å². The van der Waals surface area contributed by atoms with Crippen molar-refractivity contribution < 1.29 is 4.74 Å². The fraction of sp³-hybridized carbons (Fsp3) is 1.00. The highest BCUT2D eigenvalue weighted by Gasteiger charge is 2.27. The largest absolute Gasteiger partial charge is 0.380 e. The Hall–Kier alpha value is -0.0800. The first kappa shape index (κ1) is 13.4. The highest BCUT2D eigenvalue weighted by molar-refractivity contribution is 4.85. The number of ether oxygens (including phenoxy) is 1. The molecule has 2 rings (SSSR count). The van der Waals surface area contributed by atoms with E-state index < -0.39 is 0 Å². The maximum absolute atomic E-state index is 5.64. The summed E-state index contributed by atoms with van der Waals surface area (Å²) in [5.41, 5.74) is 0. The zero-order chi connectivity index (χ0) is 12.1. The maximum Gasteiger partial charge on any atom is 0.0724 e. The molecule has 4 atom stereocenters. The predicted molar refractivity (Wildman–Crippen MR) is 72.2 cm³/mol. The van der Waals surface area contributed by atoms with Crippen molar-refractivity contribution in [2.45, 2.75) is 82.9 Å². The van der Waals surface area contributed by atoms with Crippen LogP contribution in [-0.2, 0) is 4.74 Å². The van der Waals surface area contributed by atoms with E-state index in [0.717, 1.165) is 12.0 Å². The normalized spacial score (nSPS) is 39.9. The van der Waals surface area contributed by atoms with Gasteiger partial charge in [0.1, 0.15) is 0 Å². The second-order valence-corrected chi connectivity index (χ2v) is 6.14. The number of hydrogen-bond acceptors (Lipinski definition) is 2. The zero-order valence-electron chi connectivity index (χ0n) is 11.6. The topological polar surface area (TPSA) is 21.3 Å². The number of nitrogens with one attached hydrogen (secondary N) is 1. The lowest BCUT2D eigenvalue weighted by molar-refractivity contribution is 0.0369. The zero-order valence-corrected chi connectivity index (χ0v) is 11.6. The third-order valence-electron chi connectivity index (χ3n) is 4.71. The van der Waals surface area contributed by atoms with Crippen LogP contribution in [-0.4, -0.2) is 25.3 Å². The van der Waals surface area contributed by atoms with Gasteiger partial charge in [0.15, 0.2) is 0 Å². The maximum atomic E-state index is 5.64. The summed E-state index contributed by atoms with van der Waals surface area (Å²) in [5, 5.41) is 3.89. The molecule has 100 valence electrons. The van der Waals surface area contributed by atoms with Gasteiger partial charge in [-0.15, -0.1) is 0 Å². The van der Waals surface area contributed by atoms with Crippen LogP contribution in [0.2, 0.25) is 0 Å². The van der Waals surface area contributed by atoms with E-state index in [0.29, 0.717) is 12.1 Å². The molecule has 0 spiro atoms. The number of hydrogen-bond donors (Lipinski definition) is 1. The van der Waals surface area contributed by atoms with Crippen LogP contribution in [0.5, 0.6) is 0 Å². The summed E-state index contributed by atoms with van der Waals surface area (Å²) in [6.45, 7) is 2.40. The summed E-state index contributed by atoms with van der Waals surface area (Å²) >= 11 is 0. The highest BCUT2D eigenvalue weighted by atomic mass is 16.5. The molecule has 2 heteroatoms. The quantitative estimate of drug-likeness (QED) is 0.761. The molecule has 0 saturated heterocycles. The third kappa shape index (κ3) is 3.96. The molecule has 1 N–H and O–H groups in total. The van der Waals surface area contributed by atoms with E-state index in [1.165, 1.54) is 57.8 Å². The van der Waals surface area contributed by atoms with Crippen LogP contribution >= 0.6 is 0 Å². The Morgan fingerprint density at radius 2 is 1.71 bits per heavy atom. The molecule has 17 heavy (non-hydrogen) atoms. The van der Waals surface area contributed by atoms with Gasteiger partial charge in [0.2, 0.25) is 0 Å². The molecule has 0 aromatic carbocycles. The van der Waals surface area contributed by atoms with Gasteiger partial charge in [-0.05, 0) is 38.0 Å². The Bertz CT molecular complexity index is 219. The fourth-order valence-electron chi connectivity index (χ4n) is 3.53. The molecule has 0 heterocycles.